The van der Waals surface area contributed by atoms with E-state index >= 15 is 0 Å². The van der Waals surface area contributed by atoms with E-state index in [1.807, 2.05) is 48.5 Å². The zero-order valence-electron chi connectivity index (χ0n) is 18.3. The molecule has 6 aromatic rings. The molecule has 0 saturated heterocycles. The van der Waals surface area contributed by atoms with Gasteiger partial charge in [-0.05, 0) is 35.2 Å². The number of rotatable bonds is 4. The van der Waals surface area contributed by atoms with Crippen LogP contribution in [0.3, 0.4) is 0 Å². The van der Waals surface area contributed by atoms with Crippen LogP contribution < -0.4 is 4.74 Å². The van der Waals surface area contributed by atoms with Gasteiger partial charge in [0, 0.05) is 29.7 Å². The van der Waals surface area contributed by atoms with Gasteiger partial charge in [0.15, 0.2) is 0 Å². The van der Waals surface area contributed by atoms with Gasteiger partial charge in [-0.1, -0.05) is 35.7 Å². The van der Waals surface area contributed by atoms with Crippen molar-refractivity contribution in [3.63, 3.8) is 0 Å². The Morgan fingerprint density at radius 1 is 0.727 bits per heavy atom. The molecule has 0 bridgehead atoms. The number of fused-ring (bicyclic) bond motifs is 3. The van der Waals surface area contributed by atoms with Crippen LogP contribution in [0, 0.1) is 12.1 Å². The summed E-state index contributed by atoms with van der Waals surface area (Å²) in [5, 5.41) is 2.27. The molecule has 0 fully saturated rings. The SMILES string of the molecule is [2H]c1cccc(Oc2[c-]c(-c3[c-]c4c(cc3)c3ccccc3n4-c3ccccn3)ccc2)n1.[Pt+2]. The number of aromatic nitrogens is 3. The van der Waals surface area contributed by atoms with E-state index in [0.717, 1.165) is 38.8 Å². The molecule has 0 aliphatic rings. The topological polar surface area (TPSA) is 39.9 Å². The fourth-order valence-corrected chi connectivity index (χ4v) is 3.92. The molecule has 0 spiro atoms. The third-order valence-corrected chi connectivity index (χ3v) is 5.32. The molecule has 0 radical (unpaired) electrons. The van der Waals surface area contributed by atoms with E-state index in [0.29, 0.717) is 11.6 Å². The standard InChI is InChI=1S/C28H17N3O.Pt/c1-2-11-25-23(10-1)24-15-14-21(19-26(24)31(25)27-12-3-5-16-29-27)20-8-7-9-22(18-20)32-28-13-4-6-17-30-28;/h1-17H;/q-2;+2/i17D;. The summed E-state index contributed by atoms with van der Waals surface area (Å²) in [6.07, 6.45) is 1.96. The number of ether oxygens (including phenoxy) is 1. The van der Waals surface area contributed by atoms with E-state index in [9.17, 15) is 0 Å². The first-order valence-corrected chi connectivity index (χ1v) is 10.3. The van der Waals surface area contributed by atoms with Gasteiger partial charge in [-0.25, -0.2) is 21.1 Å². The quantitative estimate of drug-likeness (QED) is 0.211. The van der Waals surface area contributed by atoms with E-state index in [4.69, 9.17) is 6.11 Å². The zero-order valence-corrected chi connectivity index (χ0v) is 19.6. The molecular weight excluding hydrogens is 589 g/mol. The molecule has 6 rings (SSSR count). The molecular formula is C28H17N3OPt. The predicted molar refractivity (Wildman–Crippen MR) is 126 cm³/mol. The molecule has 0 atom stereocenters. The Bertz CT molecular complexity index is 1620. The van der Waals surface area contributed by atoms with Gasteiger partial charge in [-0.3, -0.25) is 0 Å². The average Bonchev–Trinajstić information content (AvgIpc) is 3.18. The number of hydrogen-bond acceptors (Lipinski definition) is 3. The van der Waals surface area contributed by atoms with E-state index in [1.165, 1.54) is 0 Å². The maximum absolute atomic E-state index is 7.68. The molecule has 160 valence electrons. The Kier molecular flexibility index (Phi) is 5.43. The summed E-state index contributed by atoms with van der Waals surface area (Å²) in [6.45, 7) is 0. The van der Waals surface area contributed by atoms with Gasteiger partial charge in [0.05, 0.1) is 1.37 Å². The Morgan fingerprint density at radius 3 is 2.45 bits per heavy atom. The normalized spacial score (nSPS) is 11.2. The summed E-state index contributed by atoms with van der Waals surface area (Å²) in [6, 6.07) is 36.1. The second kappa shape index (κ2) is 9.01. The number of benzene rings is 3. The first-order valence-electron chi connectivity index (χ1n) is 10.8. The summed E-state index contributed by atoms with van der Waals surface area (Å²) in [4.78, 5) is 8.67. The second-order valence-corrected chi connectivity index (χ2v) is 7.31. The molecule has 0 saturated carbocycles. The Hall–Kier alpha value is -3.75. The van der Waals surface area contributed by atoms with Crippen LogP contribution in [0.15, 0.2) is 103 Å². The minimum absolute atomic E-state index is 0. The van der Waals surface area contributed by atoms with Crippen LogP contribution >= 0.6 is 0 Å². The van der Waals surface area contributed by atoms with Crippen molar-refractivity contribution in [2.75, 3.05) is 0 Å². The summed E-state index contributed by atoms with van der Waals surface area (Å²) in [7, 11) is 0. The van der Waals surface area contributed by atoms with Crippen LogP contribution in [0.25, 0.3) is 38.8 Å². The Balaban J connectivity index is 0.00000241. The molecule has 4 nitrogen and oxygen atoms in total. The largest absolute Gasteiger partial charge is 2.00 e. The number of pyridine rings is 2. The molecule has 0 unspecified atom stereocenters. The molecule has 3 aromatic heterocycles. The van der Waals surface area contributed by atoms with Gasteiger partial charge in [-0.15, -0.1) is 18.2 Å². The summed E-state index contributed by atoms with van der Waals surface area (Å²) < 4.78 is 15.6. The Morgan fingerprint density at radius 2 is 1.58 bits per heavy atom. The average molecular weight is 608 g/mol. The number of hydrogen-bond donors (Lipinski definition) is 0. The fraction of sp³-hybridized carbons (Fsp3) is 0. The summed E-state index contributed by atoms with van der Waals surface area (Å²) >= 11 is 0. The third kappa shape index (κ3) is 3.94. The minimum atomic E-state index is 0. The van der Waals surface area contributed by atoms with E-state index in [-0.39, 0.29) is 27.2 Å². The molecule has 0 aliphatic heterocycles. The van der Waals surface area contributed by atoms with Crippen molar-refractivity contribution in [3.8, 4) is 28.6 Å². The van der Waals surface area contributed by atoms with Crippen molar-refractivity contribution in [2.24, 2.45) is 0 Å². The van der Waals surface area contributed by atoms with Crippen LogP contribution in [-0.2, 0) is 21.1 Å². The van der Waals surface area contributed by atoms with Gasteiger partial charge < -0.3 is 9.30 Å². The van der Waals surface area contributed by atoms with Crippen molar-refractivity contribution >= 4 is 21.8 Å². The number of para-hydroxylation sites is 1. The van der Waals surface area contributed by atoms with Crippen molar-refractivity contribution in [1.82, 2.24) is 14.5 Å². The van der Waals surface area contributed by atoms with Gasteiger partial charge >= 0.3 is 21.1 Å². The van der Waals surface area contributed by atoms with E-state index in [2.05, 4.69) is 50.9 Å². The van der Waals surface area contributed by atoms with Gasteiger partial charge in [-0.2, -0.15) is 24.3 Å². The first kappa shape index (κ1) is 19.9. The maximum Gasteiger partial charge on any atom is 2.00 e. The molecule has 0 aliphatic carbocycles. The molecule has 3 aromatic carbocycles. The van der Waals surface area contributed by atoms with Crippen LogP contribution in [-0.4, -0.2) is 14.5 Å². The fourth-order valence-electron chi connectivity index (χ4n) is 3.92. The van der Waals surface area contributed by atoms with Crippen molar-refractivity contribution in [1.29, 1.82) is 0 Å². The van der Waals surface area contributed by atoms with E-state index in [1.54, 1.807) is 24.4 Å². The smallest absolute Gasteiger partial charge is 0.460 e. The van der Waals surface area contributed by atoms with E-state index < -0.39 is 0 Å². The first-order chi connectivity index (χ1) is 16.3. The molecule has 33 heavy (non-hydrogen) atoms. The summed E-state index contributed by atoms with van der Waals surface area (Å²) in [5.41, 5.74) is 3.79. The predicted octanol–water partition coefficient (Wildman–Crippen LogP) is 6.63. The number of nitrogens with zero attached hydrogens (tertiary/aromatic N) is 3. The van der Waals surface area contributed by atoms with Crippen LogP contribution in [0.4, 0.5) is 0 Å². The molecule has 3 heterocycles. The van der Waals surface area contributed by atoms with Crippen molar-refractivity contribution in [2.45, 2.75) is 0 Å². The maximum atomic E-state index is 7.68. The van der Waals surface area contributed by atoms with Gasteiger partial charge in [0.1, 0.15) is 5.82 Å². The molecule has 5 heteroatoms. The Labute approximate surface area is 207 Å². The second-order valence-electron chi connectivity index (χ2n) is 7.31. The van der Waals surface area contributed by atoms with Crippen molar-refractivity contribution < 1.29 is 27.2 Å². The third-order valence-electron chi connectivity index (χ3n) is 5.32. The van der Waals surface area contributed by atoms with Gasteiger partial charge in [0.25, 0.3) is 0 Å². The minimum Gasteiger partial charge on any atom is -0.460 e. The van der Waals surface area contributed by atoms with Gasteiger partial charge in [0.2, 0.25) is 5.88 Å². The molecule has 0 amide bonds. The van der Waals surface area contributed by atoms with Crippen LogP contribution in [0.5, 0.6) is 11.6 Å². The van der Waals surface area contributed by atoms with Crippen LogP contribution in [0.2, 0.25) is 0 Å². The van der Waals surface area contributed by atoms with Crippen molar-refractivity contribution in [3.05, 3.63) is 115 Å². The van der Waals surface area contributed by atoms with Crippen LogP contribution in [0.1, 0.15) is 1.37 Å². The monoisotopic (exact) mass is 607 g/mol. The zero-order chi connectivity index (χ0) is 22.2. The molecule has 0 N–H and O–H groups in total. The summed E-state index contributed by atoms with van der Waals surface area (Å²) in [5.74, 6) is 1.74.